The van der Waals surface area contributed by atoms with Crippen molar-refractivity contribution in [1.29, 1.82) is 5.26 Å². The van der Waals surface area contributed by atoms with Crippen LogP contribution in [0.15, 0.2) is 24.3 Å². The standard InChI is InChI=1S/C20H20N4O3S/c21-8-15-10-28-11-24(15)19(25)7-14-6-17(20(22)26)16-5-12(1-2-18(16)23-14)13-3-4-27-9-13/h1-2,5-6,13,15H,3-4,7,9-11H2,(H2,22,26)/t13?,15-/m1/s1. The maximum absolute atomic E-state index is 12.6. The van der Waals surface area contributed by atoms with Gasteiger partial charge in [0.2, 0.25) is 11.8 Å². The second-order valence-corrected chi connectivity index (χ2v) is 8.05. The highest BCUT2D eigenvalue weighted by Crippen LogP contribution is 2.29. The Kier molecular flexibility index (Phi) is 5.20. The molecule has 8 heteroatoms. The highest BCUT2D eigenvalue weighted by molar-refractivity contribution is 7.99. The van der Waals surface area contributed by atoms with Crippen LogP contribution in [0.2, 0.25) is 0 Å². The van der Waals surface area contributed by atoms with Crippen molar-refractivity contribution < 1.29 is 14.3 Å². The van der Waals surface area contributed by atoms with Gasteiger partial charge in [0, 0.05) is 23.7 Å². The molecule has 2 saturated heterocycles. The van der Waals surface area contributed by atoms with E-state index >= 15 is 0 Å². The van der Waals surface area contributed by atoms with Crippen molar-refractivity contribution in [2.75, 3.05) is 24.8 Å². The molecule has 2 fully saturated rings. The van der Waals surface area contributed by atoms with Crippen LogP contribution in [0.1, 0.15) is 34.0 Å². The number of benzene rings is 1. The molecule has 1 unspecified atom stereocenters. The van der Waals surface area contributed by atoms with Crippen LogP contribution < -0.4 is 5.73 Å². The van der Waals surface area contributed by atoms with Crippen molar-refractivity contribution in [3.63, 3.8) is 0 Å². The van der Waals surface area contributed by atoms with E-state index in [4.69, 9.17) is 10.5 Å². The topological polar surface area (TPSA) is 109 Å². The number of hydrogen-bond donors (Lipinski definition) is 1. The smallest absolute Gasteiger partial charge is 0.249 e. The van der Waals surface area contributed by atoms with Crippen LogP contribution in [0, 0.1) is 11.3 Å². The molecule has 3 heterocycles. The highest BCUT2D eigenvalue weighted by Gasteiger charge is 2.29. The number of ether oxygens (including phenoxy) is 1. The summed E-state index contributed by atoms with van der Waals surface area (Å²) in [6.07, 6.45) is 0.985. The van der Waals surface area contributed by atoms with Gasteiger partial charge < -0.3 is 15.4 Å². The summed E-state index contributed by atoms with van der Waals surface area (Å²) in [5.74, 6) is 0.710. The molecule has 28 heavy (non-hydrogen) atoms. The molecule has 4 rings (SSSR count). The van der Waals surface area contributed by atoms with E-state index in [0.29, 0.717) is 46.3 Å². The van der Waals surface area contributed by atoms with Crippen LogP contribution >= 0.6 is 11.8 Å². The molecular formula is C20H20N4O3S. The molecule has 1 aromatic heterocycles. The lowest BCUT2D eigenvalue weighted by atomic mass is 9.95. The minimum absolute atomic E-state index is 0.0349. The van der Waals surface area contributed by atoms with Gasteiger partial charge in [-0.3, -0.25) is 14.6 Å². The number of primary amides is 1. The van der Waals surface area contributed by atoms with Crippen LogP contribution in [0.5, 0.6) is 0 Å². The average molecular weight is 396 g/mol. The fraction of sp³-hybridized carbons (Fsp3) is 0.400. The molecule has 0 radical (unpaired) electrons. The number of carbonyl (C=O) groups is 2. The van der Waals surface area contributed by atoms with E-state index in [1.807, 2.05) is 18.2 Å². The van der Waals surface area contributed by atoms with Crippen LogP contribution in [0.3, 0.4) is 0 Å². The van der Waals surface area contributed by atoms with Crippen LogP contribution in [-0.4, -0.2) is 52.6 Å². The second kappa shape index (κ2) is 7.78. The molecule has 2 aromatic rings. The van der Waals surface area contributed by atoms with Gasteiger partial charge in [-0.2, -0.15) is 5.26 Å². The molecule has 0 spiro atoms. The Morgan fingerprint density at radius 2 is 2.25 bits per heavy atom. The summed E-state index contributed by atoms with van der Waals surface area (Å²) in [7, 11) is 0. The summed E-state index contributed by atoms with van der Waals surface area (Å²) in [6, 6.07) is 9.16. The van der Waals surface area contributed by atoms with Gasteiger partial charge in [0.05, 0.1) is 41.7 Å². The van der Waals surface area contributed by atoms with Gasteiger partial charge in [-0.25, -0.2) is 0 Å². The number of rotatable bonds is 4. The maximum Gasteiger partial charge on any atom is 0.249 e. The Balaban J connectivity index is 1.66. The van der Waals surface area contributed by atoms with Crippen molar-refractivity contribution in [3.05, 3.63) is 41.1 Å². The predicted octanol–water partition coefficient (Wildman–Crippen LogP) is 1.81. The number of thioether (sulfide) groups is 1. The lowest BCUT2D eigenvalue weighted by molar-refractivity contribution is -0.130. The fourth-order valence-electron chi connectivity index (χ4n) is 3.70. The largest absolute Gasteiger partial charge is 0.381 e. The number of pyridine rings is 1. The summed E-state index contributed by atoms with van der Waals surface area (Å²) in [5, 5.41) is 9.88. The Bertz CT molecular complexity index is 981. The number of aromatic nitrogens is 1. The van der Waals surface area contributed by atoms with Crippen LogP contribution in [-0.2, 0) is 16.0 Å². The quantitative estimate of drug-likeness (QED) is 0.844. The molecular weight excluding hydrogens is 376 g/mol. The van der Waals surface area contributed by atoms with Gasteiger partial charge in [0.25, 0.3) is 0 Å². The van der Waals surface area contributed by atoms with E-state index in [1.54, 1.807) is 22.7 Å². The van der Waals surface area contributed by atoms with E-state index in [-0.39, 0.29) is 12.3 Å². The van der Waals surface area contributed by atoms with E-state index in [1.165, 1.54) is 0 Å². The monoisotopic (exact) mass is 396 g/mol. The number of fused-ring (bicyclic) bond motifs is 1. The van der Waals surface area contributed by atoms with Crippen LogP contribution in [0.25, 0.3) is 10.9 Å². The van der Waals surface area contributed by atoms with Crippen molar-refractivity contribution in [3.8, 4) is 6.07 Å². The zero-order valence-electron chi connectivity index (χ0n) is 15.3. The van der Waals surface area contributed by atoms with Crippen molar-refractivity contribution >= 4 is 34.5 Å². The van der Waals surface area contributed by atoms with E-state index in [0.717, 1.165) is 18.6 Å². The summed E-state index contributed by atoms with van der Waals surface area (Å²) in [4.78, 5) is 30.8. The van der Waals surface area contributed by atoms with Gasteiger partial charge in [0.15, 0.2) is 0 Å². The molecule has 2 aliphatic heterocycles. The lowest BCUT2D eigenvalue weighted by Gasteiger charge is -2.18. The summed E-state index contributed by atoms with van der Waals surface area (Å²) >= 11 is 1.56. The summed E-state index contributed by atoms with van der Waals surface area (Å²) < 4.78 is 5.46. The molecule has 2 aliphatic rings. The number of carbonyl (C=O) groups excluding carboxylic acids is 2. The zero-order chi connectivity index (χ0) is 19.7. The molecule has 144 valence electrons. The van der Waals surface area contributed by atoms with Gasteiger partial charge in [0.1, 0.15) is 6.04 Å². The minimum atomic E-state index is -0.549. The maximum atomic E-state index is 12.6. The van der Waals surface area contributed by atoms with Crippen LogP contribution in [0.4, 0.5) is 0 Å². The lowest BCUT2D eigenvalue weighted by Crippen LogP contribution is -2.36. The van der Waals surface area contributed by atoms with E-state index in [2.05, 4.69) is 11.1 Å². The first-order valence-electron chi connectivity index (χ1n) is 9.15. The number of nitrogens with two attached hydrogens (primary N) is 1. The van der Waals surface area contributed by atoms with Gasteiger partial charge in [-0.15, -0.1) is 11.8 Å². The molecule has 0 bridgehead atoms. The van der Waals surface area contributed by atoms with Crippen molar-refractivity contribution in [2.45, 2.75) is 24.8 Å². The van der Waals surface area contributed by atoms with Gasteiger partial charge >= 0.3 is 0 Å². The molecule has 2 N–H and O–H groups in total. The number of hydrogen-bond acceptors (Lipinski definition) is 6. The van der Waals surface area contributed by atoms with Crippen molar-refractivity contribution in [1.82, 2.24) is 9.88 Å². The molecule has 0 saturated carbocycles. The molecule has 2 atom stereocenters. The Labute approximate surface area is 166 Å². The summed E-state index contributed by atoms with van der Waals surface area (Å²) in [5.41, 5.74) is 8.20. The van der Waals surface area contributed by atoms with Gasteiger partial charge in [-0.1, -0.05) is 6.07 Å². The zero-order valence-corrected chi connectivity index (χ0v) is 16.1. The first kappa shape index (κ1) is 18.7. The van der Waals surface area contributed by atoms with Crippen molar-refractivity contribution in [2.24, 2.45) is 5.73 Å². The Morgan fingerprint density at radius 3 is 2.96 bits per heavy atom. The fourth-order valence-corrected chi connectivity index (χ4v) is 4.80. The SMILES string of the molecule is N#C[C@@H]1CSCN1C(=O)Cc1cc(C(N)=O)c2cc(C3CCOC3)ccc2n1. The Hall–Kier alpha value is -2.63. The third kappa shape index (κ3) is 3.55. The molecule has 7 nitrogen and oxygen atoms in total. The molecule has 2 amide bonds. The predicted molar refractivity (Wildman–Crippen MR) is 106 cm³/mol. The van der Waals surface area contributed by atoms with E-state index in [9.17, 15) is 14.9 Å². The second-order valence-electron chi connectivity index (χ2n) is 7.05. The Morgan fingerprint density at radius 1 is 1.39 bits per heavy atom. The van der Waals surface area contributed by atoms with Gasteiger partial charge in [-0.05, 0) is 30.2 Å². The highest BCUT2D eigenvalue weighted by atomic mass is 32.2. The normalized spacial score (nSPS) is 21.8. The van der Waals surface area contributed by atoms with E-state index < -0.39 is 11.9 Å². The number of nitriles is 1. The molecule has 1 aromatic carbocycles. The minimum Gasteiger partial charge on any atom is -0.381 e. The third-order valence-electron chi connectivity index (χ3n) is 5.24. The number of amides is 2. The average Bonchev–Trinajstić information content (AvgIpc) is 3.38. The number of nitrogens with zero attached hydrogens (tertiary/aromatic N) is 3. The first-order chi connectivity index (χ1) is 13.6. The third-order valence-corrected chi connectivity index (χ3v) is 6.25. The molecule has 0 aliphatic carbocycles. The summed E-state index contributed by atoms with van der Waals surface area (Å²) in [6.45, 7) is 1.41. The first-order valence-corrected chi connectivity index (χ1v) is 10.3.